The molecule has 2 aromatic heterocycles. The fourth-order valence-electron chi connectivity index (χ4n) is 2.26. The number of Topliss-reactive ketones (excluding diaryl/α,β-unsaturated/α-hetero) is 1. The Labute approximate surface area is 138 Å². The number of thiophene rings is 1. The summed E-state index contributed by atoms with van der Waals surface area (Å²) in [6.07, 6.45) is 4.13. The van der Waals surface area contributed by atoms with E-state index in [1.54, 1.807) is 10.7 Å². The lowest BCUT2D eigenvalue weighted by Gasteiger charge is -2.16. The minimum Gasteiger partial charge on any atom is -0.315 e. The number of carbonyl (C=O) groups excluding carboxylic acids is 2. The number of amides is 1. The van der Waals surface area contributed by atoms with E-state index in [0.717, 1.165) is 18.5 Å². The summed E-state index contributed by atoms with van der Waals surface area (Å²) in [5.41, 5.74) is 1.04. The van der Waals surface area contributed by atoms with Gasteiger partial charge in [-0.05, 0) is 24.3 Å². The van der Waals surface area contributed by atoms with E-state index in [-0.39, 0.29) is 18.2 Å². The van der Waals surface area contributed by atoms with Gasteiger partial charge in [0.25, 0.3) is 0 Å². The van der Waals surface area contributed by atoms with Gasteiger partial charge in [-0.1, -0.05) is 26.0 Å². The number of hydrogen-bond donors (Lipinski definition) is 1. The maximum absolute atomic E-state index is 12.4. The van der Waals surface area contributed by atoms with Crippen molar-refractivity contribution in [2.24, 2.45) is 5.41 Å². The Kier molecular flexibility index (Phi) is 4.06. The van der Waals surface area contributed by atoms with E-state index in [1.165, 1.54) is 11.3 Å². The SMILES string of the molecule is CC(C)(C)C(=O)c1ccsc1NC(=O)Cn1cc(C2CC2)nn1. The van der Waals surface area contributed by atoms with Crippen LogP contribution in [0.1, 0.15) is 55.6 Å². The molecule has 122 valence electrons. The van der Waals surface area contributed by atoms with E-state index in [4.69, 9.17) is 0 Å². The minimum atomic E-state index is -0.481. The smallest absolute Gasteiger partial charge is 0.246 e. The first-order valence-corrected chi connectivity index (χ1v) is 8.55. The zero-order chi connectivity index (χ0) is 16.6. The molecule has 1 fully saturated rings. The fourth-order valence-corrected chi connectivity index (χ4v) is 3.06. The van der Waals surface area contributed by atoms with Crippen LogP contribution in [-0.2, 0) is 11.3 Å². The average molecular weight is 332 g/mol. The molecule has 0 unspecified atom stereocenters. The van der Waals surface area contributed by atoms with Crippen molar-refractivity contribution in [3.05, 3.63) is 28.9 Å². The van der Waals surface area contributed by atoms with Crippen molar-refractivity contribution >= 4 is 28.0 Å². The van der Waals surface area contributed by atoms with Crippen LogP contribution in [0.15, 0.2) is 17.6 Å². The van der Waals surface area contributed by atoms with Gasteiger partial charge in [0.05, 0.1) is 11.3 Å². The van der Waals surface area contributed by atoms with Gasteiger partial charge in [-0.25, -0.2) is 4.68 Å². The van der Waals surface area contributed by atoms with Crippen molar-refractivity contribution in [3.8, 4) is 0 Å². The van der Waals surface area contributed by atoms with Crippen LogP contribution in [0.2, 0.25) is 0 Å². The number of aromatic nitrogens is 3. The molecule has 0 spiro atoms. The standard InChI is InChI=1S/C16H20N4O2S/c1-16(2,3)14(22)11-6-7-23-15(11)17-13(21)9-20-8-12(18-19-20)10-4-5-10/h6-8,10H,4-5,9H2,1-3H3,(H,17,21). The molecular formula is C16H20N4O2S. The quantitative estimate of drug-likeness (QED) is 0.854. The van der Waals surface area contributed by atoms with Crippen LogP contribution in [-0.4, -0.2) is 26.7 Å². The minimum absolute atomic E-state index is 0.0193. The predicted octanol–water partition coefficient (Wildman–Crippen LogP) is 3.08. The summed E-state index contributed by atoms with van der Waals surface area (Å²) in [7, 11) is 0. The van der Waals surface area contributed by atoms with Gasteiger partial charge in [0, 0.05) is 17.5 Å². The van der Waals surface area contributed by atoms with Crippen molar-refractivity contribution < 1.29 is 9.59 Å². The molecule has 0 radical (unpaired) electrons. The van der Waals surface area contributed by atoms with Gasteiger partial charge in [0.2, 0.25) is 5.91 Å². The Morgan fingerprint density at radius 1 is 1.39 bits per heavy atom. The summed E-state index contributed by atoms with van der Waals surface area (Å²) in [4.78, 5) is 24.6. The summed E-state index contributed by atoms with van der Waals surface area (Å²) in [6.45, 7) is 5.70. The number of carbonyl (C=O) groups is 2. The van der Waals surface area contributed by atoms with Crippen LogP contribution in [0.4, 0.5) is 5.00 Å². The lowest BCUT2D eigenvalue weighted by atomic mass is 9.87. The second-order valence-corrected chi connectivity index (χ2v) is 7.82. The maximum Gasteiger partial charge on any atom is 0.246 e. The Bertz CT molecular complexity index is 737. The van der Waals surface area contributed by atoms with E-state index < -0.39 is 5.41 Å². The van der Waals surface area contributed by atoms with Crippen molar-refractivity contribution in [2.75, 3.05) is 5.32 Å². The van der Waals surface area contributed by atoms with Crippen LogP contribution >= 0.6 is 11.3 Å². The summed E-state index contributed by atoms with van der Waals surface area (Å²) < 4.78 is 1.54. The van der Waals surface area contributed by atoms with Crippen LogP contribution in [0.5, 0.6) is 0 Å². The van der Waals surface area contributed by atoms with Gasteiger partial charge in [0.15, 0.2) is 5.78 Å². The zero-order valence-electron chi connectivity index (χ0n) is 13.5. The lowest BCUT2D eigenvalue weighted by molar-refractivity contribution is -0.116. The van der Waals surface area contributed by atoms with Crippen molar-refractivity contribution in [3.63, 3.8) is 0 Å². The van der Waals surface area contributed by atoms with Gasteiger partial charge in [-0.15, -0.1) is 16.4 Å². The van der Waals surface area contributed by atoms with E-state index in [9.17, 15) is 9.59 Å². The highest BCUT2D eigenvalue weighted by molar-refractivity contribution is 7.14. The lowest BCUT2D eigenvalue weighted by Crippen LogP contribution is -2.23. The van der Waals surface area contributed by atoms with Gasteiger partial charge >= 0.3 is 0 Å². The Morgan fingerprint density at radius 3 is 2.78 bits per heavy atom. The third kappa shape index (κ3) is 3.67. The first-order valence-electron chi connectivity index (χ1n) is 7.67. The fraction of sp³-hybridized carbons (Fsp3) is 0.500. The van der Waals surface area contributed by atoms with Gasteiger partial charge in [-0.2, -0.15) is 0 Å². The Morgan fingerprint density at radius 2 is 2.13 bits per heavy atom. The number of nitrogens with one attached hydrogen (secondary N) is 1. The largest absolute Gasteiger partial charge is 0.315 e. The van der Waals surface area contributed by atoms with Gasteiger partial charge < -0.3 is 5.32 Å². The third-order valence-electron chi connectivity index (χ3n) is 3.70. The second-order valence-electron chi connectivity index (χ2n) is 6.91. The van der Waals surface area contributed by atoms with E-state index >= 15 is 0 Å². The molecule has 2 aromatic rings. The average Bonchev–Trinajstić information content (AvgIpc) is 3.05. The van der Waals surface area contributed by atoms with E-state index in [0.29, 0.717) is 16.5 Å². The molecule has 3 rings (SSSR count). The molecule has 0 saturated heterocycles. The molecule has 1 saturated carbocycles. The molecule has 0 atom stereocenters. The molecule has 6 nitrogen and oxygen atoms in total. The molecule has 7 heteroatoms. The van der Waals surface area contributed by atoms with Crippen molar-refractivity contribution in [1.82, 2.24) is 15.0 Å². The van der Waals surface area contributed by atoms with Crippen molar-refractivity contribution in [1.29, 1.82) is 0 Å². The molecular weight excluding hydrogens is 312 g/mol. The number of hydrogen-bond acceptors (Lipinski definition) is 5. The third-order valence-corrected chi connectivity index (χ3v) is 4.53. The molecule has 1 aliphatic rings. The molecule has 23 heavy (non-hydrogen) atoms. The number of nitrogens with zero attached hydrogens (tertiary/aromatic N) is 3. The molecule has 0 aromatic carbocycles. The van der Waals surface area contributed by atoms with Gasteiger partial charge in [-0.3, -0.25) is 9.59 Å². The highest BCUT2D eigenvalue weighted by Gasteiger charge is 2.28. The topological polar surface area (TPSA) is 76.9 Å². The second kappa shape index (κ2) is 5.88. The molecule has 0 aliphatic heterocycles. The Hall–Kier alpha value is -2.02. The van der Waals surface area contributed by atoms with Crippen LogP contribution in [0, 0.1) is 5.41 Å². The van der Waals surface area contributed by atoms with Crippen LogP contribution in [0.25, 0.3) is 0 Å². The van der Waals surface area contributed by atoms with Crippen molar-refractivity contribution in [2.45, 2.75) is 46.1 Å². The monoisotopic (exact) mass is 332 g/mol. The predicted molar refractivity (Wildman–Crippen MR) is 88.7 cm³/mol. The summed E-state index contributed by atoms with van der Waals surface area (Å²) >= 11 is 1.35. The molecule has 1 amide bonds. The molecule has 1 N–H and O–H groups in total. The maximum atomic E-state index is 12.4. The van der Waals surface area contributed by atoms with Gasteiger partial charge in [0.1, 0.15) is 11.5 Å². The zero-order valence-corrected chi connectivity index (χ0v) is 14.3. The van der Waals surface area contributed by atoms with Crippen LogP contribution in [0.3, 0.4) is 0 Å². The Balaban J connectivity index is 1.66. The number of rotatable bonds is 5. The number of ketones is 1. The molecule has 1 aliphatic carbocycles. The highest BCUT2D eigenvalue weighted by atomic mass is 32.1. The molecule has 0 bridgehead atoms. The first kappa shape index (κ1) is 15.9. The number of anilines is 1. The highest BCUT2D eigenvalue weighted by Crippen LogP contribution is 2.38. The van der Waals surface area contributed by atoms with E-state index in [1.807, 2.05) is 32.3 Å². The van der Waals surface area contributed by atoms with E-state index in [2.05, 4.69) is 15.6 Å². The summed E-state index contributed by atoms with van der Waals surface area (Å²) in [5, 5.41) is 13.3. The molecule has 2 heterocycles. The summed E-state index contributed by atoms with van der Waals surface area (Å²) in [5.74, 6) is 0.327. The summed E-state index contributed by atoms with van der Waals surface area (Å²) in [6, 6.07) is 1.76. The first-order chi connectivity index (χ1) is 10.8. The normalized spacial score (nSPS) is 14.7. The van der Waals surface area contributed by atoms with Crippen LogP contribution < -0.4 is 5.32 Å².